The van der Waals surface area contributed by atoms with Crippen LogP contribution in [0.4, 0.5) is 5.69 Å². The molecule has 0 amide bonds. The van der Waals surface area contributed by atoms with E-state index < -0.39 is 0 Å². The van der Waals surface area contributed by atoms with Crippen molar-refractivity contribution < 1.29 is 9.90 Å². The van der Waals surface area contributed by atoms with Crippen molar-refractivity contribution in [3.63, 3.8) is 0 Å². The third-order valence-corrected chi connectivity index (χ3v) is 2.11. The first kappa shape index (κ1) is 12.1. The summed E-state index contributed by atoms with van der Waals surface area (Å²) in [5, 5.41) is 8.73. The number of phenolic OH excluding ortho intramolecular Hbond substituents is 1. The molecule has 0 bridgehead atoms. The molecule has 86 valence electrons. The first-order valence-corrected chi connectivity index (χ1v) is 5.11. The molecule has 5 N–H and O–H groups in total. The molecule has 0 saturated carbocycles. The summed E-state index contributed by atoms with van der Waals surface area (Å²) in [6.45, 7) is 0. The Balaban J connectivity index is 0.000000160. The van der Waals surface area contributed by atoms with Gasteiger partial charge in [-0.2, -0.15) is 0 Å². The molecule has 0 atom stereocenters. The minimum absolute atomic E-state index is 0.175. The van der Waals surface area contributed by atoms with Crippen molar-refractivity contribution in [3.05, 3.63) is 36.0 Å². The summed E-state index contributed by atoms with van der Waals surface area (Å²) in [5.74, 6) is 0.388. The number of benzene rings is 1. The predicted octanol–water partition coefficient (Wildman–Crippen LogP) is 1.56. The fourth-order valence-electron chi connectivity index (χ4n) is 1.34. The zero-order chi connectivity index (χ0) is 12.0. The maximum absolute atomic E-state index is 10.5. The van der Waals surface area contributed by atoms with E-state index in [4.69, 9.17) is 16.6 Å². The van der Waals surface area contributed by atoms with Crippen molar-refractivity contribution in [1.29, 1.82) is 0 Å². The molecule has 2 rings (SSSR count). The Morgan fingerprint density at radius 3 is 2.31 bits per heavy atom. The van der Waals surface area contributed by atoms with Crippen molar-refractivity contribution in [2.45, 2.75) is 19.3 Å². The van der Waals surface area contributed by atoms with Crippen LogP contribution in [0.5, 0.6) is 5.75 Å². The zero-order valence-electron chi connectivity index (χ0n) is 9.02. The van der Waals surface area contributed by atoms with Crippen LogP contribution in [0, 0.1) is 0 Å². The molecular weight excluding hydrogens is 204 g/mol. The number of carbonyl (C=O) groups excluding carboxylic acids is 1. The molecule has 0 fully saturated rings. The number of hydrogen-bond donors (Lipinski definition) is 3. The Morgan fingerprint density at radius 1 is 1.19 bits per heavy atom. The third kappa shape index (κ3) is 4.50. The maximum Gasteiger partial charge on any atom is 0.157 e. The lowest BCUT2D eigenvalue weighted by atomic mass is 10.0. The largest absolute Gasteiger partial charge is 0.508 e. The number of ketones is 1. The van der Waals surface area contributed by atoms with Crippen molar-refractivity contribution >= 4 is 11.5 Å². The second-order valence-electron chi connectivity index (χ2n) is 3.63. The summed E-state index contributed by atoms with van der Waals surface area (Å²) in [7, 11) is 0. The van der Waals surface area contributed by atoms with Gasteiger partial charge < -0.3 is 16.6 Å². The van der Waals surface area contributed by atoms with Crippen LogP contribution in [-0.4, -0.2) is 10.9 Å². The number of anilines is 1. The molecule has 4 heteroatoms. The van der Waals surface area contributed by atoms with Gasteiger partial charge in [0.1, 0.15) is 5.75 Å². The third-order valence-electron chi connectivity index (χ3n) is 2.11. The van der Waals surface area contributed by atoms with E-state index in [1.54, 1.807) is 18.2 Å². The fourth-order valence-corrected chi connectivity index (χ4v) is 1.34. The van der Waals surface area contributed by atoms with Gasteiger partial charge in [0.2, 0.25) is 0 Å². The number of rotatable bonds is 0. The number of nitrogen functional groups attached to an aromatic ring is 1. The molecule has 0 spiro atoms. The van der Waals surface area contributed by atoms with E-state index in [1.807, 2.05) is 0 Å². The summed E-state index contributed by atoms with van der Waals surface area (Å²) < 4.78 is 0. The second kappa shape index (κ2) is 5.80. The van der Waals surface area contributed by atoms with Crippen LogP contribution in [-0.2, 0) is 4.79 Å². The molecular formula is C12H16N2O2. The zero-order valence-corrected chi connectivity index (χ0v) is 9.02. The van der Waals surface area contributed by atoms with Crippen LogP contribution in [0.25, 0.3) is 0 Å². The number of aromatic hydroxyl groups is 1. The van der Waals surface area contributed by atoms with Crippen LogP contribution in [0.2, 0.25) is 0 Å². The summed E-state index contributed by atoms with van der Waals surface area (Å²) >= 11 is 0. The standard InChI is InChI=1S/C6H9NO.C6H7NO/c2*7-5-2-1-3-6(8)4-5/h4H,1-3,7H2;1-4,8H,7H2. The highest BCUT2D eigenvalue weighted by Gasteiger charge is 2.05. The quantitative estimate of drug-likeness (QED) is 0.579. The van der Waals surface area contributed by atoms with Gasteiger partial charge in [-0.25, -0.2) is 0 Å². The van der Waals surface area contributed by atoms with Crippen LogP contribution >= 0.6 is 0 Å². The molecule has 0 aromatic heterocycles. The molecule has 1 aliphatic carbocycles. The van der Waals surface area contributed by atoms with Gasteiger partial charge in [0.05, 0.1) is 0 Å². The molecule has 16 heavy (non-hydrogen) atoms. The highest BCUT2D eigenvalue weighted by Crippen LogP contribution is 2.11. The first-order valence-electron chi connectivity index (χ1n) is 5.11. The Bertz CT molecular complexity index is 383. The van der Waals surface area contributed by atoms with E-state index in [0.717, 1.165) is 18.5 Å². The topological polar surface area (TPSA) is 89.3 Å². The van der Waals surface area contributed by atoms with E-state index in [-0.39, 0.29) is 11.5 Å². The molecule has 4 nitrogen and oxygen atoms in total. The fraction of sp³-hybridized carbons (Fsp3) is 0.250. The van der Waals surface area contributed by atoms with Crippen LogP contribution in [0.3, 0.4) is 0 Å². The minimum atomic E-state index is 0.175. The molecule has 1 aromatic rings. The Morgan fingerprint density at radius 2 is 1.94 bits per heavy atom. The van der Waals surface area contributed by atoms with Crippen molar-refractivity contribution in [3.8, 4) is 5.75 Å². The maximum atomic E-state index is 10.5. The highest BCUT2D eigenvalue weighted by molar-refractivity contribution is 5.90. The average Bonchev–Trinajstić information content (AvgIpc) is 2.17. The summed E-state index contributed by atoms with van der Waals surface area (Å²) in [4.78, 5) is 10.5. The van der Waals surface area contributed by atoms with E-state index in [2.05, 4.69) is 0 Å². The molecule has 0 saturated heterocycles. The monoisotopic (exact) mass is 220 g/mol. The number of carbonyl (C=O) groups is 1. The van der Waals surface area contributed by atoms with Gasteiger partial charge in [0.25, 0.3) is 0 Å². The Kier molecular flexibility index (Phi) is 4.39. The average molecular weight is 220 g/mol. The number of hydrogen-bond acceptors (Lipinski definition) is 4. The second-order valence-corrected chi connectivity index (χ2v) is 3.63. The number of phenols is 1. The van der Waals surface area contributed by atoms with E-state index >= 15 is 0 Å². The van der Waals surface area contributed by atoms with Crippen molar-refractivity contribution in [2.24, 2.45) is 5.73 Å². The van der Waals surface area contributed by atoms with Crippen LogP contribution in [0.15, 0.2) is 36.0 Å². The number of allylic oxidation sites excluding steroid dienone is 2. The number of nitrogens with two attached hydrogens (primary N) is 2. The van der Waals surface area contributed by atoms with E-state index in [0.29, 0.717) is 12.1 Å². The minimum Gasteiger partial charge on any atom is -0.508 e. The smallest absolute Gasteiger partial charge is 0.157 e. The summed E-state index contributed by atoms with van der Waals surface area (Å²) in [5.41, 5.74) is 12.0. The molecule has 0 heterocycles. The molecule has 0 radical (unpaired) electrons. The van der Waals surface area contributed by atoms with Gasteiger partial charge in [0.15, 0.2) is 5.78 Å². The van der Waals surface area contributed by atoms with Gasteiger partial charge in [-0.05, 0) is 31.1 Å². The van der Waals surface area contributed by atoms with Gasteiger partial charge in [0, 0.05) is 23.9 Å². The van der Waals surface area contributed by atoms with Gasteiger partial charge in [-0.3, -0.25) is 4.79 Å². The summed E-state index contributed by atoms with van der Waals surface area (Å²) in [6.07, 6.45) is 4.04. The highest BCUT2D eigenvalue weighted by atomic mass is 16.3. The lowest BCUT2D eigenvalue weighted by Gasteiger charge is -2.04. The Hall–Kier alpha value is -1.97. The first-order chi connectivity index (χ1) is 7.58. The molecule has 0 aliphatic heterocycles. The van der Waals surface area contributed by atoms with Crippen LogP contribution < -0.4 is 11.5 Å². The van der Waals surface area contributed by atoms with Gasteiger partial charge in [-0.1, -0.05) is 6.07 Å². The van der Waals surface area contributed by atoms with E-state index in [9.17, 15) is 4.79 Å². The molecule has 1 aliphatic rings. The Labute approximate surface area is 94.6 Å². The normalized spacial score (nSPS) is 14.8. The molecule has 0 unspecified atom stereocenters. The van der Waals surface area contributed by atoms with Crippen molar-refractivity contribution in [1.82, 2.24) is 0 Å². The van der Waals surface area contributed by atoms with Crippen molar-refractivity contribution in [2.75, 3.05) is 5.73 Å². The molecule has 1 aromatic carbocycles. The summed E-state index contributed by atoms with van der Waals surface area (Å²) in [6, 6.07) is 6.50. The lowest BCUT2D eigenvalue weighted by molar-refractivity contribution is -0.115. The SMILES string of the molecule is NC1=CC(=O)CCC1.Nc1cccc(O)c1. The van der Waals surface area contributed by atoms with Gasteiger partial charge in [-0.15, -0.1) is 0 Å². The lowest BCUT2D eigenvalue weighted by Crippen LogP contribution is -2.07. The van der Waals surface area contributed by atoms with Gasteiger partial charge >= 0.3 is 0 Å². The van der Waals surface area contributed by atoms with E-state index in [1.165, 1.54) is 12.1 Å². The predicted molar refractivity (Wildman–Crippen MR) is 63.6 cm³/mol. The van der Waals surface area contributed by atoms with Crippen LogP contribution in [0.1, 0.15) is 19.3 Å².